The van der Waals surface area contributed by atoms with Crippen LogP contribution in [0.3, 0.4) is 0 Å². The fourth-order valence-electron chi connectivity index (χ4n) is 2.31. The summed E-state index contributed by atoms with van der Waals surface area (Å²) in [6, 6.07) is 0. The average molecular weight is 221 g/mol. The molecule has 0 bridgehead atoms. The molecule has 0 spiro atoms. The lowest BCUT2D eigenvalue weighted by atomic mass is 9.90. The topological polar surface area (TPSA) is 57.8 Å². The van der Waals surface area contributed by atoms with Crippen molar-refractivity contribution in [1.29, 1.82) is 0 Å². The molecule has 4 nitrogen and oxygen atoms in total. The zero-order valence-corrected chi connectivity index (χ0v) is 9.92. The summed E-state index contributed by atoms with van der Waals surface area (Å²) in [5, 5.41) is 3.38. The van der Waals surface area contributed by atoms with Crippen LogP contribution in [0, 0.1) is 0 Å². The Labute approximate surface area is 95.5 Å². The minimum Gasteiger partial charge on any atom is -0.316 e. The van der Waals surface area contributed by atoms with Gasteiger partial charge in [0.05, 0.1) is 0 Å². The summed E-state index contributed by atoms with van der Waals surface area (Å²) in [5.74, 6) is 0.836. The molecule has 0 aromatic carbocycles. The van der Waals surface area contributed by atoms with Gasteiger partial charge in [0.25, 0.3) is 0 Å². The second-order valence-electron chi connectivity index (χ2n) is 4.76. The van der Waals surface area contributed by atoms with Gasteiger partial charge >= 0.3 is 5.69 Å². The predicted octanol–water partition coefficient (Wildman–Crippen LogP) is 1.36. The Morgan fingerprint density at radius 3 is 2.94 bits per heavy atom. The summed E-state index contributed by atoms with van der Waals surface area (Å²) < 4.78 is 0. The lowest BCUT2D eigenvalue weighted by Crippen LogP contribution is -2.31. The van der Waals surface area contributed by atoms with Gasteiger partial charge in [-0.1, -0.05) is 13.8 Å². The maximum atomic E-state index is 11.3. The van der Waals surface area contributed by atoms with Crippen LogP contribution in [-0.4, -0.2) is 23.1 Å². The van der Waals surface area contributed by atoms with Crippen molar-refractivity contribution < 1.29 is 0 Å². The fraction of sp³-hybridized carbons (Fsp3) is 0.667. The van der Waals surface area contributed by atoms with Crippen molar-refractivity contribution in [2.45, 2.75) is 38.5 Å². The monoisotopic (exact) mass is 221 g/mol. The zero-order valence-electron chi connectivity index (χ0n) is 9.92. The Kier molecular flexibility index (Phi) is 3.39. The number of aromatic nitrogens is 2. The highest BCUT2D eigenvalue weighted by molar-refractivity contribution is 5.24. The van der Waals surface area contributed by atoms with Crippen molar-refractivity contribution in [3.8, 4) is 0 Å². The van der Waals surface area contributed by atoms with E-state index in [0.717, 1.165) is 25.2 Å². The van der Waals surface area contributed by atoms with E-state index >= 15 is 0 Å². The summed E-state index contributed by atoms with van der Waals surface area (Å²) in [6.45, 7) is 6.31. The zero-order chi connectivity index (χ0) is 11.5. The number of hydrogen-bond donors (Lipinski definition) is 2. The molecule has 1 atom stereocenters. The average Bonchev–Trinajstić information content (AvgIpc) is 2.29. The Morgan fingerprint density at radius 1 is 1.50 bits per heavy atom. The van der Waals surface area contributed by atoms with Gasteiger partial charge in [-0.15, -0.1) is 0 Å². The summed E-state index contributed by atoms with van der Waals surface area (Å²) in [7, 11) is 0. The lowest BCUT2D eigenvalue weighted by Gasteiger charge is -2.25. The molecule has 2 N–H and O–H groups in total. The predicted molar refractivity (Wildman–Crippen MR) is 63.8 cm³/mol. The molecular formula is C12H19N3O. The van der Waals surface area contributed by atoms with Crippen molar-refractivity contribution in [3.05, 3.63) is 27.9 Å². The SMILES string of the molecule is CC(C)c1cnc(=O)[nH]c1C1CCCNC1. The summed E-state index contributed by atoms with van der Waals surface area (Å²) >= 11 is 0. The number of hydrogen-bond acceptors (Lipinski definition) is 3. The summed E-state index contributed by atoms with van der Waals surface area (Å²) in [4.78, 5) is 18.1. The van der Waals surface area contributed by atoms with E-state index in [1.165, 1.54) is 12.0 Å². The van der Waals surface area contributed by atoms with Crippen molar-refractivity contribution >= 4 is 0 Å². The molecule has 0 amide bonds. The summed E-state index contributed by atoms with van der Waals surface area (Å²) in [6.07, 6.45) is 4.05. The van der Waals surface area contributed by atoms with E-state index in [1.54, 1.807) is 6.20 Å². The van der Waals surface area contributed by atoms with Crippen molar-refractivity contribution in [1.82, 2.24) is 15.3 Å². The fourth-order valence-corrected chi connectivity index (χ4v) is 2.31. The molecule has 88 valence electrons. The molecule has 1 aliphatic rings. The number of rotatable bonds is 2. The van der Waals surface area contributed by atoms with E-state index in [-0.39, 0.29) is 5.69 Å². The second kappa shape index (κ2) is 4.78. The van der Waals surface area contributed by atoms with Crippen LogP contribution in [0.5, 0.6) is 0 Å². The van der Waals surface area contributed by atoms with E-state index < -0.39 is 0 Å². The van der Waals surface area contributed by atoms with E-state index in [4.69, 9.17) is 0 Å². The minimum absolute atomic E-state index is 0.232. The maximum Gasteiger partial charge on any atom is 0.345 e. The Morgan fingerprint density at radius 2 is 2.31 bits per heavy atom. The van der Waals surface area contributed by atoms with Gasteiger partial charge in [0.1, 0.15) is 0 Å². The third-order valence-electron chi connectivity index (χ3n) is 3.20. The number of piperidine rings is 1. The number of nitrogens with one attached hydrogen (secondary N) is 2. The molecule has 0 aliphatic carbocycles. The Bertz CT molecular complexity index is 405. The lowest BCUT2D eigenvalue weighted by molar-refractivity contribution is 0.449. The highest BCUT2D eigenvalue weighted by Crippen LogP contribution is 2.27. The Balaban J connectivity index is 2.36. The van der Waals surface area contributed by atoms with E-state index in [0.29, 0.717) is 11.8 Å². The van der Waals surface area contributed by atoms with E-state index in [1.807, 2.05) is 0 Å². The van der Waals surface area contributed by atoms with Gasteiger partial charge in [0.15, 0.2) is 0 Å². The van der Waals surface area contributed by atoms with Gasteiger partial charge in [-0.05, 0) is 30.9 Å². The normalized spacial score (nSPS) is 21.3. The molecule has 16 heavy (non-hydrogen) atoms. The molecule has 0 radical (unpaired) electrons. The highest BCUT2D eigenvalue weighted by Gasteiger charge is 2.20. The van der Waals surface area contributed by atoms with Crippen LogP contribution in [0.25, 0.3) is 0 Å². The van der Waals surface area contributed by atoms with Crippen LogP contribution in [0.1, 0.15) is 49.8 Å². The van der Waals surface area contributed by atoms with Gasteiger partial charge in [-0.25, -0.2) is 9.78 Å². The van der Waals surface area contributed by atoms with E-state index in [9.17, 15) is 4.79 Å². The maximum absolute atomic E-state index is 11.3. The van der Waals surface area contributed by atoms with Crippen LogP contribution in [0.2, 0.25) is 0 Å². The van der Waals surface area contributed by atoms with Gasteiger partial charge in [0, 0.05) is 24.4 Å². The molecule has 1 fully saturated rings. The van der Waals surface area contributed by atoms with Crippen LogP contribution in [0.15, 0.2) is 11.0 Å². The van der Waals surface area contributed by atoms with Gasteiger partial charge < -0.3 is 10.3 Å². The smallest absolute Gasteiger partial charge is 0.316 e. The minimum atomic E-state index is -0.232. The molecular weight excluding hydrogens is 202 g/mol. The van der Waals surface area contributed by atoms with Crippen LogP contribution in [0.4, 0.5) is 0 Å². The number of aromatic amines is 1. The third kappa shape index (κ3) is 2.32. The largest absolute Gasteiger partial charge is 0.345 e. The number of H-pyrrole nitrogens is 1. The van der Waals surface area contributed by atoms with Gasteiger partial charge in [-0.3, -0.25) is 0 Å². The second-order valence-corrected chi connectivity index (χ2v) is 4.76. The first-order valence-electron chi connectivity index (χ1n) is 5.98. The molecule has 2 heterocycles. The molecule has 1 unspecified atom stereocenters. The molecule has 1 aromatic heterocycles. The Hall–Kier alpha value is -1.16. The first-order valence-corrected chi connectivity index (χ1v) is 5.98. The third-order valence-corrected chi connectivity index (χ3v) is 3.20. The quantitative estimate of drug-likeness (QED) is 0.792. The molecule has 1 aromatic rings. The highest BCUT2D eigenvalue weighted by atomic mass is 16.1. The molecule has 0 saturated carbocycles. The molecule has 2 rings (SSSR count). The summed E-state index contributed by atoms with van der Waals surface area (Å²) in [5.41, 5.74) is 2.03. The standard InChI is InChI=1S/C12H19N3O/c1-8(2)10-7-14-12(16)15-11(10)9-4-3-5-13-6-9/h7-9,13H,3-6H2,1-2H3,(H,14,15,16). The van der Waals surface area contributed by atoms with E-state index in [2.05, 4.69) is 29.1 Å². The van der Waals surface area contributed by atoms with Crippen LogP contribution < -0.4 is 11.0 Å². The van der Waals surface area contributed by atoms with Crippen molar-refractivity contribution in [2.24, 2.45) is 0 Å². The molecule has 4 heteroatoms. The van der Waals surface area contributed by atoms with Crippen molar-refractivity contribution in [2.75, 3.05) is 13.1 Å². The number of nitrogens with zero attached hydrogens (tertiary/aromatic N) is 1. The van der Waals surface area contributed by atoms with Crippen LogP contribution in [-0.2, 0) is 0 Å². The van der Waals surface area contributed by atoms with Crippen molar-refractivity contribution in [3.63, 3.8) is 0 Å². The van der Waals surface area contributed by atoms with Gasteiger partial charge in [0.2, 0.25) is 0 Å². The van der Waals surface area contributed by atoms with Gasteiger partial charge in [-0.2, -0.15) is 0 Å². The van der Waals surface area contributed by atoms with Crippen LogP contribution >= 0.6 is 0 Å². The first-order chi connectivity index (χ1) is 7.68. The first kappa shape index (κ1) is 11.3. The molecule has 1 saturated heterocycles. The molecule has 1 aliphatic heterocycles.